The van der Waals surface area contributed by atoms with Gasteiger partial charge in [-0.05, 0) is 31.0 Å². The van der Waals surface area contributed by atoms with Gasteiger partial charge in [-0.3, -0.25) is 9.59 Å². The molecule has 0 aliphatic carbocycles. The zero-order chi connectivity index (χ0) is 17.7. The molecule has 1 aliphatic heterocycles. The van der Waals surface area contributed by atoms with Crippen LogP contribution in [0.4, 0.5) is 5.69 Å². The van der Waals surface area contributed by atoms with E-state index in [2.05, 4.69) is 10.6 Å². The van der Waals surface area contributed by atoms with Gasteiger partial charge in [-0.25, -0.2) is 0 Å². The standard InChI is InChI=1S/C17H25N3O4.ClH/c1-4-14-17(22)20-13-6-5-11(7-15(13)24-14)10(2)19-16(21)8-12(9-18)23-3;/h5-7,10,12,14H,4,8-9,18H2,1-3H3,(H,19,21)(H,20,22);1H. The minimum absolute atomic E-state index is 0. The highest BCUT2D eigenvalue weighted by molar-refractivity contribution is 5.97. The Hall–Kier alpha value is -1.83. The second-order valence-corrected chi connectivity index (χ2v) is 5.85. The molecule has 1 heterocycles. The van der Waals surface area contributed by atoms with Crippen molar-refractivity contribution in [3.8, 4) is 5.75 Å². The third-order valence-corrected chi connectivity index (χ3v) is 4.08. The number of hydrogen-bond acceptors (Lipinski definition) is 5. The fourth-order valence-electron chi connectivity index (χ4n) is 2.55. The number of fused-ring (bicyclic) bond motifs is 1. The molecule has 0 aromatic heterocycles. The van der Waals surface area contributed by atoms with Crippen molar-refractivity contribution >= 4 is 29.9 Å². The summed E-state index contributed by atoms with van der Waals surface area (Å²) in [6.45, 7) is 4.08. The van der Waals surface area contributed by atoms with Crippen molar-refractivity contribution in [2.24, 2.45) is 5.73 Å². The maximum atomic E-state index is 12.1. The Morgan fingerprint density at radius 3 is 2.80 bits per heavy atom. The predicted molar refractivity (Wildman–Crippen MR) is 98.1 cm³/mol. The zero-order valence-electron chi connectivity index (χ0n) is 14.7. The van der Waals surface area contributed by atoms with Crippen LogP contribution < -0.4 is 21.1 Å². The number of nitrogens with one attached hydrogen (secondary N) is 2. The molecule has 7 nitrogen and oxygen atoms in total. The Morgan fingerprint density at radius 2 is 2.20 bits per heavy atom. The largest absolute Gasteiger partial charge is 0.478 e. The quantitative estimate of drug-likeness (QED) is 0.677. The molecule has 140 valence electrons. The number of carbonyl (C=O) groups excluding carboxylic acids is 2. The molecule has 8 heteroatoms. The Bertz CT molecular complexity index is 608. The highest BCUT2D eigenvalue weighted by atomic mass is 35.5. The van der Waals surface area contributed by atoms with Crippen molar-refractivity contribution in [2.45, 2.75) is 44.9 Å². The molecule has 4 N–H and O–H groups in total. The van der Waals surface area contributed by atoms with Gasteiger partial charge in [0.2, 0.25) is 5.91 Å². The Labute approximate surface area is 154 Å². The van der Waals surface area contributed by atoms with Crippen molar-refractivity contribution in [2.75, 3.05) is 19.0 Å². The second-order valence-electron chi connectivity index (χ2n) is 5.85. The van der Waals surface area contributed by atoms with Gasteiger partial charge in [0.15, 0.2) is 6.10 Å². The molecule has 0 spiro atoms. The lowest BCUT2D eigenvalue weighted by Crippen LogP contribution is -2.36. The predicted octanol–water partition coefficient (Wildman–Crippen LogP) is 1.76. The van der Waals surface area contributed by atoms with Gasteiger partial charge in [-0.2, -0.15) is 0 Å². The fraction of sp³-hybridized carbons (Fsp3) is 0.529. The second kappa shape index (κ2) is 9.60. The average molecular weight is 372 g/mol. The van der Waals surface area contributed by atoms with Crippen molar-refractivity contribution in [3.63, 3.8) is 0 Å². The van der Waals surface area contributed by atoms with Gasteiger partial charge in [0, 0.05) is 13.7 Å². The molecule has 0 saturated carbocycles. The van der Waals surface area contributed by atoms with Crippen LogP contribution in [0.25, 0.3) is 0 Å². The monoisotopic (exact) mass is 371 g/mol. The smallest absolute Gasteiger partial charge is 0.265 e. The molecule has 0 saturated heterocycles. The lowest BCUT2D eigenvalue weighted by atomic mass is 10.1. The summed E-state index contributed by atoms with van der Waals surface area (Å²) in [6.07, 6.45) is 0.0423. The summed E-state index contributed by atoms with van der Waals surface area (Å²) in [5.74, 6) is 0.362. The molecule has 3 atom stereocenters. The minimum Gasteiger partial charge on any atom is -0.478 e. The van der Waals surface area contributed by atoms with E-state index in [0.29, 0.717) is 24.4 Å². The van der Waals surface area contributed by atoms with Crippen LogP contribution in [0.5, 0.6) is 5.75 Å². The van der Waals surface area contributed by atoms with Gasteiger partial charge in [0.05, 0.1) is 24.3 Å². The number of carbonyl (C=O) groups is 2. The van der Waals surface area contributed by atoms with E-state index >= 15 is 0 Å². The topological polar surface area (TPSA) is 103 Å². The molecular weight excluding hydrogens is 346 g/mol. The molecule has 2 amide bonds. The van der Waals surface area contributed by atoms with Gasteiger partial charge >= 0.3 is 0 Å². The summed E-state index contributed by atoms with van der Waals surface area (Å²) in [4.78, 5) is 23.8. The summed E-state index contributed by atoms with van der Waals surface area (Å²) in [5, 5.41) is 5.75. The van der Waals surface area contributed by atoms with E-state index in [1.807, 2.05) is 26.0 Å². The molecule has 1 aromatic rings. The molecule has 0 bridgehead atoms. The number of halogens is 1. The Morgan fingerprint density at radius 1 is 1.48 bits per heavy atom. The SMILES string of the molecule is CCC1Oc2cc(C(C)NC(=O)CC(CN)OC)ccc2NC1=O.Cl. The maximum Gasteiger partial charge on any atom is 0.265 e. The normalized spacial score (nSPS) is 18.1. The van der Waals surface area contributed by atoms with Gasteiger partial charge in [-0.1, -0.05) is 13.0 Å². The van der Waals surface area contributed by atoms with Crippen LogP contribution in [0.15, 0.2) is 18.2 Å². The molecule has 25 heavy (non-hydrogen) atoms. The van der Waals surface area contributed by atoms with Crippen LogP contribution in [0.1, 0.15) is 38.3 Å². The number of rotatable bonds is 7. The molecule has 0 fully saturated rings. The summed E-state index contributed by atoms with van der Waals surface area (Å²) in [7, 11) is 1.54. The van der Waals surface area contributed by atoms with E-state index < -0.39 is 6.10 Å². The number of amides is 2. The zero-order valence-corrected chi connectivity index (χ0v) is 15.5. The Kier molecular flexibility index (Phi) is 8.15. The average Bonchev–Trinajstić information content (AvgIpc) is 2.58. The molecule has 2 rings (SSSR count). The van der Waals surface area contributed by atoms with E-state index in [4.69, 9.17) is 15.2 Å². The number of anilines is 1. The van der Waals surface area contributed by atoms with Crippen LogP contribution >= 0.6 is 12.4 Å². The van der Waals surface area contributed by atoms with E-state index in [9.17, 15) is 9.59 Å². The maximum absolute atomic E-state index is 12.1. The van der Waals surface area contributed by atoms with E-state index in [0.717, 1.165) is 5.56 Å². The number of nitrogens with two attached hydrogens (primary N) is 1. The lowest BCUT2D eigenvalue weighted by Gasteiger charge is -2.26. The molecule has 0 radical (unpaired) electrons. The van der Waals surface area contributed by atoms with Gasteiger partial charge < -0.3 is 25.8 Å². The van der Waals surface area contributed by atoms with Crippen LogP contribution in [0.2, 0.25) is 0 Å². The first-order chi connectivity index (χ1) is 11.5. The van der Waals surface area contributed by atoms with Gasteiger partial charge in [0.1, 0.15) is 5.75 Å². The third kappa shape index (κ3) is 5.32. The number of methoxy groups -OCH3 is 1. The van der Waals surface area contributed by atoms with E-state index in [1.54, 1.807) is 6.07 Å². The fourth-order valence-corrected chi connectivity index (χ4v) is 2.55. The first kappa shape index (κ1) is 21.2. The summed E-state index contributed by atoms with van der Waals surface area (Å²) in [6, 6.07) is 5.30. The van der Waals surface area contributed by atoms with Crippen molar-refractivity contribution in [1.29, 1.82) is 0 Å². The Balaban J connectivity index is 0.00000312. The van der Waals surface area contributed by atoms with Crippen LogP contribution in [0.3, 0.4) is 0 Å². The highest BCUT2D eigenvalue weighted by Crippen LogP contribution is 2.33. The third-order valence-electron chi connectivity index (χ3n) is 4.08. The first-order valence-corrected chi connectivity index (χ1v) is 8.12. The first-order valence-electron chi connectivity index (χ1n) is 8.12. The number of ether oxygens (including phenoxy) is 2. The lowest BCUT2D eigenvalue weighted by molar-refractivity contribution is -0.124. The van der Waals surface area contributed by atoms with E-state index in [1.165, 1.54) is 7.11 Å². The van der Waals surface area contributed by atoms with Crippen LogP contribution in [-0.4, -0.2) is 37.7 Å². The summed E-state index contributed by atoms with van der Waals surface area (Å²) in [5.41, 5.74) is 7.08. The molecular formula is C17H26ClN3O4. The number of benzene rings is 1. The summed E-state index contributed by atoms with van der Waals surface area (Å²) >= 11 is 0. The van der Waals surface area contributed by atoms with Crippen LogP contribution in [0, 0.1) is 0 Å². The van der Waals surface area contributed by atoms with Crippen molar-refractivity contribution in [1.82, 2.24) is 5.32 Å². The molecule has 3 unspecified atom stereocenters. The van der Waals surface area contributed by atoms with Crippen molar-refractivity contribution < 1.29 is 19.1 Å². The van der Waals surface area contributed by atoms with E-state index in [-0.39, 0.29) is 42.8 Å². The minimum atomic E-state index is -0.482. The summed E-state index contributed by atoms with van der Waals surface area (Å²) < 4.78 is 10.8. The van der Waals surface area contributed by atoms with Gasteiger partial charge in [-0.15, -0.1) is 12.4 Å². The van der Waals surface area contributed by atoms with Crippen molar-refractivity contribution in [3.05, 3.63) is 23.8 Å². The molecule has 1 aliphatic rings. The van der Waals surface area contributed by atoms with Crippen LogP contribution in [-0.2, 0) is 14.3 Å². The molecule has 1 aromatic carbocycles. The van der Waals surface area contributed by atoms with Gasteiger partial charge in [0.25, 0.3) is 5.91 Å². The number of hydrogen-bond donors (Lipinski definition) is 3. The highest BCUT2D eigenvalue weighted by Gasteiger charge is 2.26.